The Labute approximate surface area is 250 Å². The number of carbonyl (C=O) groups excluding carboxylic acids is 1. The van der Waals surface area contributed by atoms with Gasteiger partial charge in [-0.2, -0.15) is 0 Å². The summed E-state index contributed by atoms with van der Waals surface area (Å²) in [6, 6.07) is 28.5. The third kappa shape index (κ3) is 8.36. The first-order valence-electron chi connectivity index (χ1n) is 13.1. The normalized spacial score (nSPS) is 11.3. The van der Waals surface area contributed by atoms with Gasteiger partial charge in [0.05, 0.1) is 16.3 Å². The van der Waals surface area contributed by atoms with E-state index in [1.54, 1.807) is 30.3 Å². The summed E-state index contributed by atoms with van der Waals surface area (Å²) in [6.45, 7) is 2.08. The van der Waals surface area contributed by atoms with E-state index in [9.17, 15) is 9.18 Å². The first-order chi connectivity index (χ1) is 19.7. The maximum Gasteiger partial charge on any atom is 0.258 e. The summed E-state index contributed by atoms with van der Waals surface area (Å²) >= 11 is 12.1. The second-order valence-electron chi connectivity index (χ2n) is 9.69. The molecule has 6 nitrogen and oxygen atoms in total. The van der Waals surface area contributed by atoms with E-state index in [-0.39, 0.29) is 11.6 Å². The molecule has 4 N–H and O–H groups in total. The van der Waals surface area contributed by atoms with Crippen molar-refractivity contribution in [3.8, 4) is 0 Å². The molecule has 0 heterocycles. The van der Waals surface area contributed by atoms with E-state index in [2.05, 4.69) is 27.8 Å². The number of nitrogens with one attached hydrogen (secondary N) is 4. The van der Waals surface area contributed by atoms with Crippen molar-refractivity contribution < 1.29 is 9.18 Å². The molecule has 4 aromatic rings. The van der Waals surface area contributed by atoms with Crippen LogP contribution in [0.5, 0.6) is 0 Å². The molecule has 4 aromatic carbocycles. The zero-order chi connectivity index (χ0) is 29.4. The highest BCUT2D eigenvalue weighted by molar-refractivity contribution is 7.80. The Balaban J connectivity index is 1.29. The van der Waals surface area contributed by atoms with Crippen LogP contribution in [0.4, 0.5) is 27.1 Å². The van der Waals surface area contributed by atoms with Gasteiger partial charge in [-0.05, 0) is 79.3 Å². The van der Waals surface area contributed by atoms with E-state index in [1.165, 1.54) is 18.2 Å². The fourth-order valence-corrected chi connectivity index (χ4v) is 4.84. The van der Waals surface area contributed by atoms with Crippen molar-refractivity contribution in [2.24, 2.45) is 0 Å². The van der Waals surface area contributed by atoms with Gasteiger partial charge in [-0.1, -0.05) is 54.1 Å². The molecule has 41 heavy (non-hydrogen) atoms. The van der Waals surface area contributed by atoms with Crippen LogP contribution < -0.4 is 20.9 Å². The van der Waals surface area contributed by atoms with Crippen LogP contribution in [0.1, 0.15) is 29.3 Å². The SMILES string of the molecule is CC(CC(=N)Cc1ccccc1)N(C)c1ccc(NC(=S)Nc2ccc(NC(=O)c3ccccc3F)cc2)cc1Cl. The van der Waals surface area contributed by atoms with Crippen LogP contribution in [0.2, 0.25) is 5.02 Å². The zero-order valence-corrected chi connectivity index (χ0v) is 24.3. The number of halogens is 2. The Bertz CT molecular complexity index is 1530. The Kier molecular flexibility index (Phi) is 10.1. The minimum absolute atomic E-state index is 0.0204. The van der Waals surface area contributed by atoms with E-state index in [4.69, 9.17) is 29.2 Å². The number of nitrogens with zero attached hydrogens (tertiary/aromatic N) is 1. The maximum absolute atomic E-state index is 13.9. The zero-order valence-electron chi connectivity index (χ0n) is 22.7. The molecule has 0 bridgehead atoms. The summed E-state index contributed by atoms with van der Waals surface area (Å²) in [5.41, 5.74) is 4.61. The molecule has 0 saturated heterocycles. The highest BCUT2D eigenvalue weighted by atomic mass is 35.5. The summed E-state index contributed by atoms with van der Waals surface area (Å²) in [7, 11) is 1.98. The fourth-order valence-electron chi connectivity index (χ4n) is 4.29. The molecule has 0 aliphatic rings. The Morgan fingerprint density at radius 1 is 0.902 bits per heavy atom. The van der Waals surface area contributed by atoms with Gasteiger partial charge in [-0.3, -0.25) is 4.79 Å². The van der Waals surface area contributed by atoms with E-state index in [0.29, 0.717) is 40.1 Å². The Morgan fingerprint density at radius 3 is 2.15 bits per heavy atom. The van der Waals surface area contributed by atoms with Crippen molar-refractivity contribution >= 4 is 63.3 Å². The predicted molar refractivity (Wildman–Crippen MR) is 172 cm³/mol. The van der Waals surface area contributed by atoms with Gasteiger partial charge in [0.15, 0.2) is 5.11 Å². The molecule has 0 aromatic heterocycles. The van der Waals surface area contributed by atoms with Crippen LogP contribution in [-0.4, -0.2) is 29.8 Å². The number of hydrogen-bond acceptors (Lipinski definition) is 4. The van der Waals surface area contributed by atoms with Crippen molar-refractivity contribution in [1.82, 2.24) is 0 Å². The van der Waals surface area contributed by atoms with Gasteiger partial charge in [0, 0.05) is 48.7 Å². The molecule has 1 amide bonds. The van der Waals surface area contributed by atoms with Gasteiger partial charge >= 0.3 is 0 Å². The molecule has 0 aliphatic carbocycles. The van der Waals surface area contributed by atoms with E-state index in [1.807, 2.05) is 55.6 Å². The summed E-state index contributed by atoms with van der Waals surface area (Å²) in [5.74, 6) is -1.10. The topological polar surface area (TPSA) is 80.2 Å². The number of rotatable bonds is 10. The number of amides is 1. The Morgan fingerprint density at radius 2 is 1.49 bits per heavy atom. The second-order valence-corrected chi connectivity index (χ2v) is 10.5. The first-order valence-corrected chi connectivity index (χ1v) is 13.8. The molecule has 0 saturated carbocycles. The number of anilines is 4. The lowest BCUT2D eigenvalue weighted by atomic mass is 10.0. The number of hydrogen-bond donors (Lipinski definition) is 4. The van der Waals surface area contributed by atoms with Crippen LogP contribution in [0.15, 0.2) is 97.1 Å². The van der Waals surface area contributed by atoms with Crippen LogP contribution >= 0.6 is 23.8 Å². The van der Waals surface area contributed by atoms with Crippen molar-refractivity contribution in [3.63, 3.8) is 0 Å². The van der Waals surface area contributed by atoms with E-state index < -0.39 is 11.7 Å². The van der Waals surface area contributed by atoms with Crippen LogP contribution in [0.3, 0.4) is 0 Å². The average molecular weight is 588 g/mol. The molecule has 0 aliphatic heterocycles. The minimum Gasteiger partial charge on any atom is -0.370 e. The molecule has 0 spiro atoms. The lowest BCUT2D eigenvalue weighted by molar-refractivity contribution is 0.102. The average Bonchev–Trinajstić information content (AvgIpc) is 2.94. The second kappa shape index (κ2) is 13.9. The quantitative estimate of drug-likeness (QED) is 0.112. The third-order valence-corrected chi connectivity index (χ3v) is 7.07. The monoisotopic (exact) mass is 587 g/mol. The molecule has 1 atom stereocenters. The summed E-state index contributed by atoms with van der Waals surface area (Å²) in [5, 5.41) is 18.3. The lowest BCUT2D eigenvalue weighted by Crippen LogP contribution is -2.31. The third-order valence-electron chi connectivity index (χ3n) is 6.57. The van der Waals surface area contributed by atoms with Crippen molar-refractivity contribution in [3.05, 3.63) is 119 Å². The summed E-state index contributed by atoms with van der Waals surface area (Å²) in [4.78, 5) is 14.4. The highest BCUT2D eigenvalue weighted by Crippen LogP contribution is 2.30. The molecule has 0 radical (unpaired) electrons. The van der Waals surface area contributed by atoms with Crippen LogP contribution in [-0.2, 0) is 6.42 Å². The minimum atomic E-state index is -0.576. The van der Waals surface area contributed by atoms with Gasteiger partial charge in [-0.25, -0.2) is 4.39 Å². The lowest BCUT2D eigenvalue weighted by Gasteiger charge is -2.28. The summed E-state index contributed by atoms with van der Waals surface area (Å²) < 4.78 is 13.9. The molecule has 4 rings (SSSR count). The van der Waals surface area contributed by atoms with Crippen LogP contribution in [0, 0.1) is 11.2 Å². The van der Waals surface area contributed by atoms with Gasteiger partial charge < -0.3 is 26.3 Å². The number of benzene rings is 4. The summed E-state index contributed by atoms with van der Waals surface area (Å²) in [6.07, 6.45) is 1.26. The Hall–Kier alpha value is -4.27. The molecule has 1 unspecified atom stereocenters. The van der Waals surface area contributed by atoms with Crippen molar-refractivity contribution in [1.29, 1.82) is 5.41 Å². The van der Waals surface area contributed by atoms with Crippen LogP contribution in [0.25, 0.3) is 0 Å². The number of thiocarbonyl (C=S) groups is 1. The van der Waals surface area contributed by atoms with Gasteiger partial charge in [0.1, 0.15) is 5.82 Å². The predicted octanol–water partition coefficient (Wildman–Crippen LogP) is 8.02. The molecular weight excluding hydrogens is 557 g/mol. The first kappa shape index (κ1) is 29.7. The van der Waals surface area contributed by atoms with Gasteiger partial charge in [0.2, 0.25) is 0 Å². The maximum atomic E-state index is 13.9. The van der Waals surface area contributed by atoms with Crippen molar-refractivity contribution in [2.75, 3.05) is 27.9 Å². The van der Waals surface area contributed by atoms with Gasteiger partial charge in [-0.15, -0.1) is 0 Å². The molecular formula is C32H31ClFN5OS. The van der Waals surface area contributed by atoms with Gasteiger partial charge in [0.25, 0.3) is 5.91 Å². The fraction of sp³-hybridized carbons (Fsp3) is 0.156. The van der Waals surface area contributed by atoms with E-state index >= 15 is 0 Å². The standard InChI is InChI=1S/C32H31ClFN5OS/c1-21(18-23(35)19-22-8-4-3-5-9-22)39(2)30-17-16-26(20-28(30)33)38-32(41)37-25-14-12-24(13-15-25)36-31(40)27-10-6-7-11-29(27)34/h3-17,20-21,35H,18-19H2,1-2H3,(H,36,40)(H2,37,38,41). The molecule has 9 heteroatoms. The number of carbonyl (C=O) groups is 1. The van der Waals surface area contributed by atoms with E-state index in [0.717, 1.165) is 16.9 Å². The highest BCUT2D eigenvalue weighted by Gasteiger charge is 2.16. The molecule has 0 fully saturated rings. The smallest absolute Gasteiger partial charge is 0.258 e. The molecule has 210 valence electrons. The van der Waals surface area contributed by atoms with Crippen molar-refractivity contribution in [2.45, 2.75) is 25.8 Å². The largest absolute Gasteiger partial charge is 0.370 e.